The van der Waals surface area contributed by atoms with Crippen molar-refractivity contribution in [2.45, 2.75) is 106 Å². The fraction of sp³-hybridized carbons (Fsp3) is 0.586. The van der Waals surface area contributed by atoms with Crippen molar-refractivity contribution in [3.05, 3.63) is 69.0 Å². The second-order valence-corrected chi connectivity index (χ2v) is 10.2. The summed E-state index contributed by atoms with van der Waals surface area (Å²) in [7, 11) is 0. The van der Waals surface area contributed by atoms with E-state index in [1.165, 1.54) is 80.9 Å². The Labute approximate surface area is 191 Å². The fourth-order valence-corrected chi connectivity index (χ4v) is 4.19. The molecule has 0 saturated carbocycles. The lowest BCUT2D eigenvalue weighted by Gasteiger charge is -2.05. The van der Waals surface area contributed by atoms with E-state index in [9.17, 15) is 0 Å². The summed E-state index contributed by atoms with van der Waals surface area (Å²) in [6.07, 6.45) is 21.8. The van der Waals surface area contributed by atoms with Crippen LogP contribution in [0, 0.1) is 5.92 Å². The molecule has 0 N–H and O–H groups in total. The van der Waals surface area contributed by atoms with Gasteiger partial charge in [-0.1, -0.05) is 60.4 Å². The lowest BCUT2D eigenvalue weighted by molar-refractivity contribution is 0.583. The molecule has 1 heterocycles. The first-order valence-electron chi connectivity index (χ1n) is 12.0. The van der Waals surface area contributed by atoms with Crippen molar-refractivity contribution in [3.8, 4) is 0 Å². The summed E-state index contributed by atoms with van der Waals surface area (Å²) in [5, 5.41) is 4.43. The Hall–Kier alpha value is -1.34. The lowest BCUT2D eigenvalue weighted by atomic mass is 10.0. The molecule has 0 aliphatic rings. The van der Waals surface area contributed by atoms with E-state index >= 15 is 0 Å². The van der Waals surface area contributed by atoms with Crippen LogP contribution in [-0.2, 0) is 6.42 Å². The van der Waals surface area contributed by atoms with Crippen LogP contribution in [-0.4, -0.2) is 0 Å². The highest BCUT2D eigenvalue weighted by atomic mass is 32.1. The second kappa shape index (κ2) is 16.4. The molecule has 0 fully saturated rings. The van der Waals surface area contributed by atoms with E-state index in [1.54, 1.807) is 22.5 Å². The predicted octanol–water partition coefficient (Wildman–Crippen LogP) is 10.2. The van der Waals surface area contributed by atoms with Gasteiger partial charge in [0.05, 0.1) is 0 Å². The van der Waals surface area contributed by atoms with Crippen molar-refractivity contribution in [3.63, 3.8) is 0 Å². The Morgan fingerprint density at radius 3 is 1.63 bits per heavy atom. The SMILES string of the molecule is C/C(=C\CC/C(C)=C/CCc1ccsc1)CC/C=C(\C)CC/C=C(\C)CCC(C)C. The average molecular weight is 427 g/mol. The number of thiophene rings is 1. The minimum Gasteiger partial charge on any atom is -0.152 e. The Morgan fingerprint density at radius 2 is 1.20 bits per heavy atom. The molecular weight excluding hydrogens is 380 g/mol. The van der Waals surface area contributed by atoms with Gasteiger partial charge in [-0.2, -0.15) is 11.3 Å². The highest BCUT2D eigenvalue weighted by molar-refractivity contribution is 7.07. The molecule has 0 aliphatic heterocycles. The van der Waals surface area contributed by atoms with Gasteiger partial charge in [0.1, 0.15) is 0 Å². The molecule has 0 radical (unpaired) electrons. The minimum absolute atomic E-state index is 0.808. The van der Waals surface area contributed by atoms with Crippen molar-refractivity contribution in [1.82, 2.24) is 0 Å². The Kier molecular flexibility index (Phi) is 14.6. The molecule has 30 heavy (non-hydrogen) atoms. The number of aryl methyl sites for hydroxylation is 1. The molecule has 1 rings (SSSR count). The van der Waals surface area contributed by atoms with Crippen molar-refractivity contribution in [2.24, 2.45) is 5.92 Å². The molecule has 1 aromatic heterocycles. The van der Waals surface area contributed by atoms with Crippen molar-refractivity contribution in [1.29, 1.82) is 0 Å². The molecule has 0 amide bonds. The van der Waals surface area contributed by atoms with Gasteiger partial charge in [0, 0.05) is 0 Å². The molecule has 0 bridgehead atoms. The van der Waals surface area contributed by atoms with E-state index < -0.39 is 0 Å². The summed E-state index contributed by atoms with van der Waals surface area (Å²) in [6.45, 7) is 13.8. The number of rotatable bonds is 15. The summed E-state index contributed by atoms with van der Waals surface area (Å²) < 4.78 is 0. The summed E-state index contributed by atoms with van der Waals surface area (Å²) in [4.78, 5) is 0. The molecule has 168 valence electrons. The molecule has 0 aliphatic carbocycles. The molecular formula is C29H46S. The lowest BCUT2D eigenvalue weighted by Crippen LogP contribution is -1.88. The first kappa shape index (κ1) is 26.7. The normalized spacial score (nSPS) is 14.1. The molecule has 1 aromatic rings. The van der Waals surface area contributed by atoms with Crippen LogP contribution in [0.25, 0.3) is 0 Å². The average Bonchev–Trinajstić information content (AvgIpc) is 3.20. The number of hydrogen-bond acceptors (Lipinski definition) is 1. The molecule has 0 spiro atoms. The van der Waals surface area contributed by atoms with Gasteiger partial charge in [-0.15, -0.1) is 0 Å². The second-order valence-electron chi connectivity index (χ2n) is 9.42. The Morgan fingerprint density at radius 1 is 0.733 bits per heavy atom. The third-order valence-electron chi connectivity index (χ3n) is 5.72. The van der Waals surface area contributed by atoms with E-state index in [4.69, 9.17) is 0 Å². The molecule has 0 saturated heterocycles. The zero-order chi connectivity index (χ0) is 22.2. The maximum atomic E-state index is 2.45. The summed E-state index contributed by atoms with van der Waals surface area (Å²) in [5.41, 5.74) is 7.64. The minimum atomic E-state index is 0.808. The molecule has 0 nitrogen and oxygen atoms in total. The summed E-state index contributed by atoms with van der Waals surface area (Å²) >= 11 is 1.80. The number of hydrogen-bond donors (Lipinski definition) is 0. The summed E-state index contributed by atoms with van der Waals surface area (Å²) in [5.74, 6) is 0.808. The van der Waals surface area contributed by atoms with Gasteiger partial charge in [-0.3, -0.25) is 0 Å². The van der Waals surface area contributed by atoms with Gasteiger partial charge < -0.3 is 0 Å². The van der Waals surface area contributed by atoms with Crippen LogP contribution >= 0.6 is 11.3 Å². The van der Waals surface area contributed by atoms with Crippen LogP contribution in [0.5, 0.6) is 0 Å². The van der Waals surface area contributed by atoms with E-state index in [2.05, 4.69) is 82.7 Å². The van der Waals surface area contributed by atoms with E-state index in [-0.39, 0.29) is 0 Å². The van der Waals surface area contributed by atoms with Crippen LogP contribution in [0.15, 0.2) is 63.4 Å². The summed E-state index contributed by atoms with van der Waals surface area (Å²) in [6, 6.07) is 2.24. The van der Waals surface area contributed by atoms with E-state index in [0.29, 0.717) is 0 Å². The number of allylic oxidation sites excluding steroid dienone is 8. The maximum Gasteiger partial charge on any atom is -0.00611 e. The highest BCUT2D eigenvalue weighted by Gasteiger charge is 1.97. The smallest absolute Gasteiger partial charge is 0.00611 e. The topological polar surface area (TPSA) is 0 Å². The molecule has 0 atom stereocenters. The Balaban J connectivity index is 2.18. The van der Waals surface area contributed by atoms with Crippen molar-refractivity contribution in [2.75, 3.05) is 0 Å². The van der Waals surface area contributed by atoms with Gasteiger partial charge in [0.2, 0.25) is 0 Å². The highest BCUT2D eigenvalue weighted by Crippen LogP contribution is 2.16. The Bertz CT molecular complexity index is 680. The first-order valence-corrected chi connectivity index (χ1v) is 12.9. The van der Waals surface area contributed by atoms with Gasteiger partial charge in [0.15, 0.2) is 0 Å². The standard InChI is InChI=1S/C29H46S/c1-24(2)19-20-28(6)16-9-15-26(4)12-7-11-25(3)13-8-14-27(5)17-10-18-29-21-22-30-23-29/h12-13,16-17,21-24H,7-11,14-15,18-20H2,1-6H3/b25-13+,26-12+,27-17+,28-16+. The van der Waals surface area contributed by atoms with Gasteiger partial charge in [-0.25, -0.2) is 0 Å². The van der Waals surface area contributed by atoms with Crippen LogP contribution in [0.1, 0.15) is 105 Å². The van der Waals surface area contributed by atoms with Crippen LogP contribution < -0.4 is 0 Å². The van der Waals surface area contributed by atoms with Gasteiger partial charge in [-0.05, 0) is 120 Å². The van der Waals surface area contributed by atoms with Gasteiger partial charge in [0.25, 0.3) is 0 Å². The third kappa shape index (κ3) is 14.6. The monoisotopic (exact) mass is 426 g/mol. The zero-order valence-electron chi connectivity index (χ0n) is 20.6. The molecule has 1 heteroatoms. The fourth-order valence-electron chi connectivity index (χ4n) is 3.48. The molecule has 0 unspecified atom stereocenters. The van der Waals surface area contributed by atoms with Crippen LogP contribution in [0.2, 0.25) is 0 Å². The van der Waals surface area contributed by atoms with Crippen LogP contribution in [0.3, 0.4) is 0 Å². The third-order valence-corrected chi connectivity index (χ3v) is 6.45. The van der Waals surface area contributed by atoms with E-state index in [1.807, 2.05) is 0 Å². The van der Waals surface area contributed by atoms with Crippen molar-refractivity contribution < 1.29 is 0 Å². The van der Waals surface area contributed by atoms with Gasteiger partial charge >= 0.3 is 0 Å². The quantitative estimate of drug-likeness (QED) is 0.245. The van der Waals surface area contributed by atoms with Crippen molar-refractivity contribution >= 4 is 11.3 Å². The maximum absolute atomic E-state index is 2.45. The molecule has 0 aromatic carbocycles. The zero-order valence-corrected chi connectivity index (χ0v) is 21.4. The van der Waals surface area contributed by atoms with Crippen LogP contribution in [0.4, 0.5) is 0 Å². The first-order chi connectivity index (χ1) is 14.4. The predicted molar refractivity (Wildman–Crippen MR) is 139 cm³/mol. The van der Waals surface area contributed by atoms with E-state index in [0.717, 1.165) is 5.92 Å². The largest absolute Gasteiger partial charge is 0.152 e.